The van der Waals surface area contributed by atoms with E-state index >= 15 is 0 Å². The van der Waals surface area contributed by atoms with Crippen LogP contribution in [0.2, 0.25) is 0 Å². The van der Waals surface area contributed by atoms with Gasteiger partial charge in [-0.1, -0.05) is 52.3 Å². The van der Waals surface area contributed by atoms with Gasteiger partial charge in [0.1, 0.15) is 5.75 Å². The Labute approximate surface area is 122 Å². The van der Waals surface area contributed by atoms with Gasteiger partial charge in [-0.25, -0.2) is 0 Å². The molecule has 0 amide bonds. The van der Waals surface area contributed by atoms with E-state index in [0.29, 0.717) is 19.1 Å². The zero-order valence-electron chi connectivity index (χ0n) is 10.8. The largest absolute Gasteiger partial charge is 0.494 e. The van der Waals surface area contributed by atoms with Crippen molar-refractivity contribution < 1.29 is 4.74 Å². The molecule has 0 aromatic heterocycles. The standard InChI is InChI=1S/C16H18BrNO/c17-15-7-4-8-16(11-15)19-10-9-14(12-18)13-5-2-1-3-6-13/h1-8,11,14H,9-10,12,18H2. The molecule has 0 heterocycles. The predicted molar refractivity (Wildman–Crippen MR) is 82.5 cm³/mol. The van der Waals surface area contributed by atoms with E-state index in [2.05, 4.69) is 28.1 Å². The summed E-state index contributed by atoms with van der Waals surface area (Å²) in [5.41, 5.74) is 7.13. The Hall–Kier alpha value is -1.32. The number of hydrogen-bond acceptors (Lipinski definition) is 2. The van der Waals surface area contributed by atoms with Crippen molar-refractivity contribution in [3.63, 3.8) is 0 Å². The minimum atomic E-state index is 0.355. The van der Waals surface area contributed by atoms with E-state index < -0.39 is 0 Å². The number of rotatable bonds is 6. The van der Waals surface area contributed by atoms with Crippen molar-refractivity contribution in [2.75, 3.05) is 13.2 Å². The molecule has 0 radical (unpaired) electrons. The van der Waals surface area contributed by atoms with Crippen LogP contribution < -0.4 is 10.5 Å². The van der Waals surface area contributed by atoms with Gasteiger partial charge in [0.15, 0.2) is 0 Å². The van der Waals surface area contributed by atoms with E-state index in [1.165, 1.54) is 5.56 Å². The smallest absolute Gasteiger partial charge is 0.120 e. The van der Waals surface area contributed by atoms with Gasteiger partial charge in [0.25, 0.3) is 0 Å². The first-order valence-corrected chi connectivity index (χ1v) is 7.22. The van der Waals surface area contributed by atoms with Crippen LogP contribution in [-0.4, -0.2) is 13.2 Å². The minimum Gasteiger partial charge on any atom is -0.494 e. The lowest BCUT2D eigenvalue weighted by atomic mass is 9.96. The van der Waals surface area contributed by atoms with Crippen molar-refractivity contribution in [1.82, 2.24) is 0 Å². The van der Waals surface area contributed by atoms with Crippen LogP contribution >= 0.6 is 15.9 Å². The van der Waals surface area contributed by atoms with Crippen LogP contribution in [0, 0.1) is 0 Å². The second-order valence-electron chi connectivity index (χ2n) is 4.44. The summed E-state index contributed by atoms with van der Waals surface area (Å²) in [6.45, 7) is 1.32. The molecule has 2 aromatic carbocycles. The highest BCUT2D eigenvalue weighted by molar-refractivity contribution is 9.10. The molecule has 0 saturated heterocycles. The molecule has 2 rings (SSSR count). The van der Waals surface area contributed by atoms with E-state index in [1.54, 1.807) is 0 Å². The molecular weight excluding hydrogens is 302 g/mol. The van der Waals surface area contributed by atoms with Crippen LogP contribution in [0.15, 0.2) is 59.1 Å². The lowest BCUT2D eigenvalue weighted by molar-refractivity contribution is 0.298. The second-order valence-corrected chi connectivity index (χ2v) is 5.35. The third kappa shape index (κ3) is 4.37. The Kier molecular flexibility index (Phi) is 5.43. The second kappa shape index (κ2) is 7.31. The molecular formula is C16H18BrNO. The fourth-order valence-corrected chi connectivity index (χ4v) is 2.40. The lowest BCUT2D eigenvalue weighted by Crippen LogP contribution is -2.15. The van der Waals surface area contributed by atoms with Crippen molar-refractivity contribution in [1.29, 1.82) is 0 Å². The Morgan fingerprint density at radius 2 is 1.84 bits per heavy atom. The molecule has 0 aliphatic rings. The van der Waals surface area contributed by atoms with Gasteiger partial charge < -0.3 is 10.5 Å². The van der Waals surface area contributed by atoms with Crippen LogP contribution in [-0.2, 0) is 0 Å². The van der Waals surface area contributed by atoms with Gasteiger partial charge >= 0.3 is 0 Å². The summed E-state index contributed by atoms with van der Waals surface area (Å²) in [6.07, 6.45) is 0.924. The number of benzene rings is 2. The summed E-state index contributed by atoms with van der Waals surface area (Å²) >= 11 is 3.43. The predicted octanol–water partition coefficient (Wildman–Crippen LogP) is 3.96. The molecule has 19 heavy (non-hydrogen) atoms. The first kappa shape index (κ1) is 14.1. The first-order chi connectivity index (χ1) is 9.29. The Morgan fingerprint density at radius 1 is 1.05 bits per heavy atom. The zero-order chi connectivity index (χ0) is 13.5. The number of nitrogens with two attached hydrogens (primary N) is 1. The molecule has 0 spiro atoms. The molecule has 2 aromatic rings. The summed E-state index contributed by atoms with van der Waals surface area (Å²) in [7, 11) is 0. The minimum absolute atomic E-state index is 0.355. The summed E-state index contributed by atoms with van der Waals surface area (Å²) in [6, 6.07) is 18.3. The topological polar surface area (TPSA) is 35.2 Å². The van der Waals surface area contributed by atoms with Crippen LogP contribution in [0.25, 0.3) is 0 Å². The summed E-state index contributed by atoms with van der Waals surface area (Å²) < 4.78 is 6.79. The molecule has 1 unspecified atom stereocenters. The highest BCUT2D eigenvalue weighted by Crippen LogP contribution is 2.21. The van der Waals surface area contributed by atoms with E-state index in [1.807, 2.05) is 42.5 Å². The molecule has 1 atom stereocenters. The monoisotopic (exact) mass is 319 g/mol. The SMILES string of the molecule is NCC(CCOc1cccc(Br)c1)c1ccccc1. The third-order valence-corrected chi connectivity index (χ3v) is 3.58. The maximum Gasteiger partial charge on any atom is 0.120 e. The normalized spacial score (nSPS) is 12.1. The highest BCUT2D eigenvalue weighted by atomic mass is 79.9. The number of ether oxygens (including phenoxy) is 1. The van der Waals surface area contributed by atoms with Gasteiger partial charge in [-0.3, -0.25) is 0 Å². The maximum absolute atomic E-state index is 5.85. The van der Waals surface area contributed by atoms with Crippen LogP contribution in [0.1, 0.15) is 17.9 Å². The number of halogens is 1. The summed E-state index contributed by atoms with van der Waals surface area (Å²) in [5.74, 6) is 1.24. The molecule has 0 saturated carbocycles. The van der Waals surface area contributed by atoms with Gasteiger partial charge in [0.05, 0.1) is 6.61 Å². The Balaban J connectivity index is 1.87. The first-order valence-electron chi connectivity index (χ1n) is 6.43. The van der Waals surface area contributed by atoms with Crippen molar-refractivity contribution >= 4 is 15.9 Å². The van der Waals surface area contributed by atoms with Gasteiger partial charge in [0.2, 0.25) is 0 Å². The zero-order valence-corrected chi connectivity index (χ0v) is 12.3. The molecule has 0 aliphatic heterocycles. The summed E-state index contributed by atoms with van der Waals surface area (Å²) in [4.78, 5) is 0. The number of hydrogen-bond donors (Lipinski definition) is 1. The Morgan fingerprint density at radius 3 is 2.53 bits per heavy atom. The van der Waals surface area contributed by atoms with Gasteiger partial charge in [-0.2, -0.15) is 0 Å². The average Bonchev–Trinajstić information content (AvgIpc) is 2.45. The lowest BCUT2D eigenvalue weighted by Gasteiger charge is -2.15. The van der Waals surface area contributed by atoms with Crippen molar-refractivity contribution in [2.45, 2.75) is 12.3 Å². The molecule has 0 bridgehead atoms. The van der Waals surface area contributed by atoms with Gasteiger partial charge in [-0.05, 0) is 42.6 Å². The molecule has 2 nitrogen and oxygen atoms in total. The van der Waals surface area contributed by atoms with E-state index in [-0.39, 0.29) is 0 Å². The van der Waals surface area contributed by atoms with Crippen LogP contribution in [0.5, 0.6) is 5.75 Å². The molecule has 3 heteroatoms. The molecule has 2 N–H and O–H groups in total. The third-order valence-electron chi connectivity index (χ3n) is 3.09. The van der Waals surface area contributed by atoms with Crippen LogP contribution in [0.4, 0.5) is 0 Å². The van der Waals surface area contributed by atoms with Crippen LogP contribution in [0.3, 0.4) is 0 Å². The quantitative estimate of drug-likeness (QED) is 0.874. The molecule has 100 valence electrons. The van der Waals surface area contributed by atoms with Crippen molar-refractivity contribution in [2.24, 2.45) is 5.73 Å². The van der Waals surface area contributed by atoms with E-state index in [4.69, 9.17) is 10.5 Å². The average molecular weight is 320 g/mol. The van der Waals surface area contributed by atoms with Crippen molar-refractivity contribution in [3.8, 4) is 5.75 Å². The highest BCUT2D eigenvalue weighted by Gasteiger charge is 2.09. The fourth-order valence-electron chi connectivity index (χ4n) is 2.02. The van der Waals surface area contributed by atoms with Gasteiger partial charge in [-0.15, -0.1) is 0 Å². The Bertz CT molecular complexity index is 501. The fraction of sp³-hybridized carbons (Fsp3) is 0.250. The van der Waals surface area contributed by atoms with Crippen molar-refractivity contribution in [3.05, 3.63) is 64.6 Å². The van der Waals surface area contributed by atoms with E-state index in [0.717, 1.165) is 16.6 Å². The maximum atomic E-state index is 5.85. The molecule has 0 aliphatic carbocycles. The summed E-state index contributed by atoms with van der Waals surface area (Å²) in [5, 5.41) is 0. The van der Waals surface area contributed by atoms with Gasteiger partial charge in [0, 0.05) is 4.47 Å². The molecule has 0 fully saturated rings. The van der Waals surface area contributed by atoms with E-state index in [9.17, 15) is 0 Å².